The van der Waals surface area contributed by atoms with E-state index in [9.17, 15) is 24.6 Å². The third-order valence-corrected chi connectivity index (χ3v) is 8.41. The average Bonchev–Trinajstić information content (AvgIpc) is 2.86. The molecule has 0 spiro atoms. The summed E-state index contributed by atoms with van der Waals surface area (Å²) in [4.78, 5) is 37.5. The fraction of sp³-hybridized carbons (Fsp3) is 0.762. The van der Waals surface area contributed by atoms with Crippen molar-refractivity contribution in [1.29, 1.82) is 0 Å². The largest absolute Gasteiger partial charge is 0.388 e. The third-order valence-electron chi connectivity index (χ3n) is 8.41. The summed E-state index contributed by atoms with van der Waals surface area (Å²) >= 11 is 0. The number of carbonyl (C=O) groups is 3. The summed E-state index contributed by atoms with van der Waals surface area (Å²) in [6.45, 7) is 3.31. The first-order chi connectivity index (χ1) is 12.2. The van der Waals surface area contributed by atoms with Crippen molar-refractivity contribution in [2.24, 2.45) is 28.6 Å². The zero-order valence-corrected chi connectivity index (χ0v) is 15.6. The zero-order chi connectivity index (χ0) is 18.9. The average molecular weight is 360 g/mol. The van der Waals surface area contributed by atoms with E-state index in [-0.39, 0.29) is 41.2 Å². The molecule has 3 fully saturated rings. The van der Waals surface area contributed by atoms with Crippen LogP contribution in [0.5, 0.6) is 0 Å². The van der Waals surface area contributed by atoms with Gasteiger partial charge in [0.2, 0.25) is 0 Å². The summed E-state index contributed by atoms with van der Waals surface area (Å²) in [7, 11) is 0. The van der Waals surface area contributed by atoms with Gasteiger partial charge in [0.25, 0.3) is 0 Å². The molecular weight excluding hydrogens is 332 g/mol. The molecule has 4 aliphatic rings. The SMILES string of the molecule is C[C@]12CCC(=O)C=C1CCC1C2C(=O)C[C@@]2(C)C1CC[C@]2(O)C(=O)CO. The molecule has 4 rings (SSSR count). The fourth-order valence-corrected chi connectivity index (χ4v) is 6.98. The summed E-state index contributed by atoms with van der Waals surface area (Å²) in [5, 5.41) is 20.5. The topological polar surface area (TPSA) is 91.7 Å². The maximum Gasteiger partial charge on any atom is 0.190 e. The number of hydrogen-bond acceptors (Lipinski definition) is 5. The van der Waals surface area contributed by atoms with Gasteiger partial charge in [0.15, 0.2) is 11.6 Å². The molecule has 3 saturated carbocycles. The van der Waals surface area contributed by atoms with Crippen LogP contribution >= 0.6 is 0 Å². The van der Waals surface area contributed by atoms with Gasteiger partial charge in [-0.2, -0.15) is 0 Å². The van der Waals surface area contributed by atoms with Gasteiger partial charge in [0, 0.05) is 24.2 Å². The lowest BCUT2D eigenvalue weighted by Gasteiger charge is -2.57. The minimum Gasteiger partial charge on any atom is -0.388 e. The standard InChI is InChI=1S/C21H28O5/c1-19-7-5-13(23)9-12(19)3-4-14-15-6-8-21(26,17(25)11-22)20(15,2)10-16(24)18(14)19/h9,14-15,18,22,26H,3-8,10-11H2,1-2H3/t14?,15?,18?,19-,20-,21-/m0/s1. The van der Waals surface area contributed by atoms with Crippen molar-refractivity contribution in [2.45, 2.75) is 64.4 Å². The van der Waals surface area contributed by atoms with Gasteiger partial charge in [-0.1, -0.05) is 19.4 Å². The summed E-state index contributed by atoms with van der Waals surface area (Å²) in [5.41, 5.74) is -1.55. The van der Waals surface area contributed by atoms with Crippen LogP contribution in [0.25, 0.3) is 0 Å². The van der Waals surface area contributed by atoms with E-state index in [1.807, 2.05) is 6.92 Å². The normalized spacial score (nSPS) is 47.7. The van der Waals surface area contributed by atoms with E-state index in [1.165, 1.54) is 0 Å². The Morgan fingerprint density at radius 2 is 1.92 bits per heavy atom. The predicted octanol–water partition coefficient (Wildman–Crippen LogP) is 1.99. The number of allylic oxidation sites excluding steroid dienone is 1. The van der Waals surface area contributed by atoms with Gasteiger partial charge in [-0.15, -0.1) is 0 Å². The smallest absolute Gasteiger partial charge is 0.190 e. The lowest BCUT2D eigenvalue weighted by atomic mass is 9.46. The second-order valence-electron chi connectivity index (χ2n) is 9.38. The maximum atomic E-state index is 13.3. The highest BCUT2D eigenvalue weighted by Gasteiger charge is 2.68. The molecule has 26 heavy (non-hydrogen) atoms. The van der Waals surface area contributed by atoms with Crippen LogP contribution in [-0.2, 0) is 14.4 Å². The number of fused-ring (bicyclic) bond motifs is 5. The van der Waals surface area contributed by atoms with E-state index in [0.717, 1.165) is 18.4 Å². The van der Waals surface area contributed by atoms with Crippen LogP contribution in [-0.4, -0.2) is 39.8 Å². The Labute approximate surface area is 153 Å². The van der Waals surface area contributed by atoms with E-state index in [2.05, 4.69) is 6.92 Å². The molecule has 2 N–H and O–H groups in total. The number of hydrogen-bond donors (Lipinski definition) is 2. The van der Waals surface area contributed by atoms with Crippen LogP contribution in [0.1, 0.15) is 58.8 Å². The molecule has 0 amide bonds. The molecule has 6 atom stereocenters. The molecule has 0 aromatic carbocycles. The van der Waals surface area contributed by atoms with E-state index < -0.39 is 23.4 Å². The van der Waals surface area contributed by atoms with E-state index in [1.54, 1.807) is 6.08 Å². The minimum absolute atomic E-state index is 0.0988. The number of aliphatic hydroxyl groups excluding tert-OH is 1. The van der Waals surface area contributed by atoms with Crippen molar-refractivity contribution in [3.05, 3.63) is 11.6 Å². The number of carbonyl (C=O) groups excluding carboxylic acids is 3. The Kier molecular flexibility index (Phi) is 3.88. The lowest BCUT2D eigenvalue weighted by Crippen LogP contribution is -2.60. The number of ketones is 3. The molecule has 3 unspecified atom stereocenters. The summed E-state index contributed by atoms with van der Waals surface area (Å²) in [6, 6.07) is 0. The predicted molar refractivity (Wildman–Crippen MR) is 94.1 cm³/mol. The number of rotatable bonds is 2. The molecule has 0 aliphatic heterocycles. The van der Waals surface area contributed by atoms with Gasteiger partial charge in [0.1, 0.15) is 18.0 Å². The number of Topliss-reactive ketones (excluding diaryl/α,β-unsaturated/α-hetero) is 2. The Morgan fingerprint density at radius 1 is 1.19 bits per heavy atom. The summed E-state index contributed by atoms with van der Waals surface area (Å²) < 4.78 is 0. The first kappa shape index (κ1) is 18.1. The second kappa shape index (κ2) is 5.59. The minimum atomic E-state index is -1.60. The maximum absolute atomic E-state index is 13.3. The van der Waals surface area contributed by atoms with Gasteiger partial charge >= 0.3 is 0 Å². The van der Waals surface area contributed by atoms with Crippen molar-refractivity contribution in [2.75, 3.05) is 6.61 Å². The van der Waals surface area contributed by atoms with Crippen LogP contribution < -0.4 is 0 Å². The molecular formula is C21H28O5. The zero-order valence-electron chi connectivity index (χ0n) is 15.6. The van der Waals surface area contributed by atoms with Crippen molar-refractivity contribution in [3.8, 4) is 0 Å². The van der Waals surface area contributed by atoms with Crippen molar-refractivity contribution >= 4 is 17.3 Å². The van der Waals surface area contributed by atoms with E-state index in [4.69, 9.17) is 0 Å². The lowest BCUT2D eigenvalue weighted by molar-refractivity contribution is -0.170. The Bertz CT molecular complexity index is 724. The third kappa shape index (κ3) is 2.07. The molecule has 5 nitrogen and oxygen atoms in total. The highest BCUT2D eigenvalue weighted by atomic mass is 16.3. The van der Waals surface area contributed by atoms with Crippen LogP contribution in [0.4, 0.5) is 0 Å². The van der Waals surface area contributed by atoms with Crippen LogP contribution in [0.15, 0.2) is 11.6 Å². The van der Waals surface area contributed by atoms with Crippen LogP contribution in [0.2, 0.25) is 0 Å². The van der Waals surface area contributed by atoms with Gasteiger partial charge in [0.05, 0.1) is 0 Å². The monoisotopic (exact) mass is 360 g/mol. The quantitative estimate of drug-likeness (QED) is 0.786. The van der Waals surface area contributed by atoms with Crippen molar-refractivity contribution < 1.29 is 24.6 Å². The van der Waals surface area contributed by atoms with Crippen molar-refractivity contribution in [3.63, 3.8) is 0 Å². The van der Waals surface area contributed by atoms with Gasteiger partial charge in [-0.3, -0.25) is 14.4 Å². The van der Waals surface area contributed by atoms with Crippen LogP contribution in [0.3, 0.4) is 0 Å². The van der Waals surface area contributed by atoms with Gasteiger partial charge < -0.3 is 10.2 Å². The molecule has 0 saturated heterocycles. The highest BCUT2D eigenvalue weighted by Crippen LogP contribution is 2.66. The molecule has 0 aromatic heterocycles. The van der Waals surface area contributed by atoms with E-state index in [0.29, 0.717) is 25.7 Å². The summed E-state index contributed by atoms with van der Waals surface area (Å²) in [5.74, 6) is -0.172. The summed E-state index contributed by atoms with van der Waals surface area (Å²) in [6.07, 6.45) is 5.83. The van der Waals surface area contributed by atoms with Gasteiger partial charge in [-0.25, -0.2) is 0 Å². The molecule has 5 heteroatoms. The molecule has 142 valence electrons. The Morgan fingerprint density at radius 3 is 2.62 bits per heavy atom. The first-order valence-corrected chi connectivity index (χ1v) is 9.80. The number of aliphatic hydroxyl groups is 2. The molecule has 0 heterocycles. The van der Waals surface area contributed by atoms with E-state index >= 15 is 0 Å². The second-order valence-corrected chi connectivity index (χ2v) is 9.38. The Balaban J connectivity index is 1.75. The highest BCUT2D eigenvalue weighted by molar-refractivity contribution is 5.94. The molecule has 0 aromatic rings. The molecule has 4 aliphatic carbocycles. The van der Waals surface area contributed by atoms with Gasteiger partial charge in [-0.05, 0) is 55.4 Å². The van der Waals surface area contributed by atoms with Crippen LogP contribution in [0, 0.1) is 28.6 Å². The molecule has 0 radical (unpaired) electrons. The fourth-order valence-electron chi connectivity index (χ4n) is 6.98. The Hall–Kier alpha value is -1.33. The molecule has 0 bridgehead atoms. The van der Waals surface area contributed by atoms with Crippen molar-refractivity contribution in [1.82, 2.24) is 0 Å². The first-order valence-electron chi connectivity index (χ1n) is 9.80.